The first-order valence-electron chi connectivity index (χ1n) is 8.92. The Morgan fingerprint density at radius 3 is 2.57 bits per heavy atom. The number of aliphatic hydroxyl groups is 1. The highest BCUT2D eigenvalue weighted by molar-refractivity contribution is 5.75. The minimum atomic E-state index is -4.49. The van der Waals surface area contributed by atoms with Gasteiger partial charge in [0, 0.05) is 17.5 Å². The molecule has 148 valence electrons. The molecule has 1 aliphatic heterocycles. The summed E-state index contributed by atoms with van der Waals surface area (Å²) in [6.45, 7) is 2.36. The zero-order valence-electron chi connectivity index (χ0n) is 15.4. The highest BCUT2D eigenvalue weighted by atomic mass is 19.4. The summed E-state index contributed by atoms with van der Waals surface area (Å²) in [6.07, 6.45) is -5.08. The fourth-order valence-electron chi connectivity index (χ4n) is 3.65. The van der Waals surface area contributed by atoms with Crippen molar-refractivity contribution >= 4 is 11.3 Å². The largest absolute Gasteiger partial charge is 0.411 e. The normalized spacial score (nSPS) is 22.1. The van der Waals surface area contributed by atoms with E-state index < -0.39 is 31.0 Å². The molecule has 8 heteroatoms. The van der Waals surface area contributed by atoms with Crippen molar-refractivity contribution in [2.75, 3.05) is 11.9 Å². The second-order valence-corrected chi connectivity index (χ2v) is 6.99. The van der Waals surface area contributed by atoms with Crippen LogP contribution < -0.4 is 5.32 Å². The number of aliphatic hydroxyl groups excluding tert-OH is 1. The third-order valence-electron chi connectivity index (χ3n) is 5.15. The van der Waals surface area contributed by atoms with Crippen molar-refractivity contribution in [1.82, 2.24) is 9.38 Å². The van der Waals surface area contributed by atoms with Crippen molar-refractivity contribution < 1.29 is 23.0 Å². The van der Waals surface area contributed by atoms with Crippen LogP contribution in [-0.4, -0.2) is 33.4 Å². The van der Waals surface area contributed by atoms with Crippen LogP contribution in [0.3, 0.4) is 0 Å². The number of hydrogen-bond acceptors (Lipinski definition) is 4. The summed E-state index contributed by atoms with van der Waals surface area (Å²) >= 11 is 0. The average Bonchev–Trinajstić information content (AvgIpc) is 2.95. The van der Waals surface area contributed by atoms with Gasteiger partial charge in [-0.3, -0.25) is 0 Å². The Hall–Kier alpha value is -2.58. The van der Waals surface area contributed by atoms with E-state index in [-0.39, 0.29) is 0 Å². The number of pyridine rings is 1. The van der Waals surface area contributed by atoms with E-state index in [1.807, 2.05) is 48.6 Å². The molecule has 1 aliphatic rings. The third-order valence-corrected chi connectivity index (χ3v) is 5.15. The van der Waals surface area contributed by atoms with E-state index in [4.69, 9.17) is 4.74 Å². The molecular formula is C20H20F3N3O2. The second kappa shape index (κ2) is 6.79. The van der Waals surface area contributed by atoms with E-state index in [0.717, 1.165) is 17.0 Å². The van der Waals surface area contributed by atoms with Gasteiger partial charge < -0.3 is 19.6 Å². The number of aromatic nitrogens is 2. The van der Waals surface area contributed by atoms with Crippen LogP contribution in [0, 0.1) is 13.8 Å². The van der Waals surface area contributed by atoms with Crippen molar-refractivity contribution in [1.29, 1.82) is 0 Å². The third kappa shape index (κ3) is 3.22. The van der Waals surface area contributed by atoms with Crippen molar-refractivity contribution in [3.8, 4) is 0 Å². The van der Waals surface area contributed by atoms with E-state index in [2.05, 4.69) is 10.3 Å². The van der Waals surface area contributed by atoms with Gasteiger partial charge in [0.2, 0.25) is 0 Å². The van der Waals surface area contributed by atoms with Gasteiger partial charge in [0.25, 0.3) is 0 Å². The van der Waals surface area contributed by atoms with E-state index in [9.17, 15) is 18.3 Å². The first kappa shape index (κ1) is 18.8. The molecule has 3 atom stereocenters. The van der Waals surface area contributed by atoms with Crippen LogP contribution in [0.5, 0.6) is 0 Å². The molecule has 0 spiro atoms. The lowest BCUT2D eigenvalue weighted by atomic mass is 9.89. The molecule has 0 fully saturated rings. The molecule has 2 aromatic heterocycles. The lowest BCUT2D eigenvalue weighted by Gasteiger charge is -2.38. The summed E-state index contributed by atoms with van der Waals surface area (Å²) in [4.78, 5) is 4.56. The van der Waals surface area contributed by atoms with Crippen LogP contribution in [0.1, 0.15) is 34.7 Å². The minimum Gasteiger partial charge on any atom is -0.388 e. The van der Waals surface area contributed by atoms with Gasteiger partial charge >= 0.3 is 6.18 Å². The molecule has 0 aliphatic carbocycles. The van der Waals surface area contributed by atoms with Gasteiger partial charge in [0.05, 0.1) is 17.4 Å². The summed E-state index contributed by atoms with van der Waals surface area (Å²) in [5, 5.41) is 14.2. The Morgan fingerprint density at radius 2 is 1.89 bits per heavy atom. The Balaban J connectivity index is 1.84. The van der Waals surface area contributed by atoms with Gasteiger partial charge in [0.15, 0.2) is 5.65 Å². The van der Waals surface area contributed by atoms with Crippen LogP contribution in [-0.2, 0) is 4.74 Å². The van der Waals surface area contributed by atoms with Crippen LogP contribution in [0.2, 0.25) is 0 Å². The number of imidazole rings is 1. The van der Waals surface area contributed by atoms with E-state index in [1.54, 1.807) is 12.3 Å². The summed E-state index contributed by atoms with van der Waals surface area (Å²) in [5.41, 5.74) is 4.15. The number of alkyl halides is 3. The van der Waals surface area contributed by atoms with Gasteiger partial charge in [-0.15, -0.1) is 0 Å². The van der Waals surface area contributed by atoms with Crippen LogP contribution in [0.25, 0.3) is 5.65 Å². The molecule has 5 nitrogen and oxygen atoms in total. The van der Waals surface area contributed by atoms with E-state index in [1.165, 1.54) is 0 Å². The highest BCUT2D eigenvalue weighted by Crippen LogP contribution is 2.43. The van der Waals surface area contributed by atoms with Crippen LogP contribution in [0.15, 0.2) is 42.6 Å². The van der Waals surface area contributed by atoms with Gasteiger partial charge in [-0.2, -0.15) is 13.2 Å². The predicted octanol–water partition coefficient (Wildman–Crippen LogP) is 4.10. The first-order chi connectivity index (χ1) is 13.3. The number of halogens is 3. The monoisotopic (exact) mass is 391 g/mol. The summed E-state index contributed by atoms with van der Waals surface area (Å²) in [6, 6.07) is 10.1. The number of anilines is 1. The maximum Gasteiger partial charge on any atom is 0.411 e. The molecule has 3 unspecified atom stereocenters. The minimum absolute atomic E-state index is 0.460. The molecule has 3 aromatic rings. The molecule has 28 heavy (non-hydrogen) atoms. The second-order valence-electron chi connectivity index (χ2n) is 6.99. The molecule has 0 bridgehead atoms. The van der Waals surface area contributed by atoms with Crippen molar-refractivity contribution in [2.45, 2.75) is 38.3 Å². The molecule has 4 rings (SSSR count). The molecular weight excluding hydrogens is 371 g/mol. The number of nitrogens with one attached hydrogen (secondary N) is 1. The smallest absolute Gasteiger partial charge is 0.388 e. The van der Waals surface area contributed by atoms with E-state index in [0.29, 0.717) is 16.9 Å². The quantitative estimate of drug-likeness (QED) is 0.706. The van der Waals surface area contributed by atoms with Crippen molar-refractivity contribution in [3.63, 3.8) is 0 Å². The average molecular weight is 391 g/mol. The topological polar surface area (TPSA) is 58.8 Å². The fraction of sp³-hybridized carbons (Fsp3) is 0.350. The number of rotatable bonds is 3. The molecule has 0 amide bonds. The Morgan fingerprint density at radius 1 is 1.18 bits per heavy atom. The van der Waals surface area contributed by atoms with Crippen molar-refractivity contribution in [2.24, 2.45) is 0 Å². The SMILES string of the molecule is Cc1nc2c3c(ccn2c1C)C(OCC(F)(F)F)C(O)C(c1ccccc1)N3. The lowest BCUT2D eigenvalue weighted by Crippen LogP contribution is -2.38. The number of ether oxygens (including phenoxy) is 1. The molecule has 1 aromatic carbocycles. The number of benzene rings is 1. The zero-order valence-corrected chi connectivity index (χ0v) is 15.4. The number of aryl methyl sites for hydroxylation is 2. The molecule has 0 radical (unpaired) electrons. The Bertz CT molecular complexity index is 1000. The lowest BCUT2D eigenvalue weighted by molar-refractivity contribution is -0.198. The summed E-state index contributed by atoms with van der Waals surface area (Å²) < 4.78 is 45.5. The Labute approximate surface area is 159 Å². The maximum atomic E-state index is 12.8. The van der Waals surface area contributed by atoms with Gasteiger partial charge in [-0.1, -0.05) is 30.3 Å². The van der Waals surface area contributed by atoms with Crippen LogP contribution >= 0.6 is 0 Å². The van der Waals surface area contributed by atoms with Crippen LogP contribution in [0.4, 0.5) is 18.9 Å². The zero-order chi connectivity index (χ0) is 20.1. The summed E-state index contributed by atoms with van der Waals surface area (Å²) in [7, 11) is 0. The predicted molar refractivity (Wildman–Crippen MR) is 98.2 cm³/mol. The first-order valence-corrected chi connectivity index (χ1v) is 8.92. The maximum absolute atomic E-state index is 12.8. The fourth-order valence-corrected chi connectivity index (χ4v) is 3.65. The highest BCUT2D eigenvalue weighted by Gasteiger charge is 2.40. The van der Waals surface area contributed by atoms with Gasteiger partial charge in [0.1, 0.15) is 18.8 Å². The van der Waals surface area contributed by atoms with Crippen molar-refractivity contribution in [3.05, 3.63) is 65.1 Å². The Kier molecular flexibility index (Phi) is 4.55. The number of nitrogens with zero attached hydrogens (tertiary/aromatic N) is 2. The standard InChI is InChI=1S/C20H20F3N3O2/c1-11-12(2)26-9-8-14-16(19(26)24-11)25-15(13-6-4-3-5-7-13)17(27)18(14)28-10-20(21,22)23/h3-9,15,17-18,25,27H,10H2,1-2H3. The molecule has 0 saturated carbocycles. The molecule has 2 N–H and O–H groups in total. The van der Waals surface area contributed by atoms with Gasteiger partial charge in [-0.25, -0.2) is 4.98 Å². The number of hydrogen-bond donors (Lipinski definition) is 2. The molecule has 3 heterocycles. The van der Waals surface area contributed by atoms with Gasteiger partial charge in [-0.05, 0) is 25.5 Å². The van der Waals surface area contributed by atoms with E-state index >= 15 is 0 Å². The number of fused-ring (bicyclic) bond motifs is 3. The molecule has 0 saturated heterocycles. The summed E-state index contributed by atoms with van der Waals surface area (Å²) in [5.74, 6) is 0.